The lowest BCUT2D eigenvalue weighted by Crippen LogP contribution is -1.99. The first-order chi connectivity index (χ1) is 11.4. The third-order valence-corrected chi connectivity index (χ3v) is 4.82. The number of thioether (sulfide) groups is 1. The molecule has 0 fully saturated rings. The molecule has 1 aromatic heterocycles. The van der Waals surface area contributed by atoms with E-state index in [0.717, 1.165) is 17.8 Å². The Bertz CT molecular complexity index is 964. The number of ether oxygens (including phenoxy) is 1. The molecule has 0 atom stereocenters. The predicted octanol–water partition coefficient (Wildman–Crippen LogP) is 6.45. The number of aromatic nitrogens is 1. The van der Waals surface area contributed by atoms with Crippen molar-refractivity contribution in [1.82, 2.24) is 4.98 Å². The van der Waals surface area contributed by atoms with Crippen LogP contribution in [-0.2, 0) is 0 Å². The summed E-state index contributed by atoms with van der Waals surface area (Å²) >= 11 is 4.27. The van der Waals surface area contributed by atoms with Gasteiger partial charge in [-0.25, -0.2) is 8.78 Å². The van der Waals surface area contributed by atoms with Gasteiger partial charge in [0.05, 0.1) is 15.0 Å². The number of benzene rings is 2. The van der Waals surface area contributed by atoms with Crippen molar-refractivity contribution in [3.8, 4) is 11.5 Å². The minimum atomic E-state index is -1.16. The molecule has 2 aromatic carbocycles. The predicted molar refractivity (Wildman–Crippen MR) is 108 cm³/mol. The van der Waals surface area contributed by atoms with Crippen LogP contribution in [0.3, 0.4) is 0 Å². The Balaban J connectivity index is 0.00000225. The Morgan fingerprint density at radius 1 is 1.20 bits per heavy atom. The standard InChI is InChI=1S/C16H10BrF3N2OS.HI/c1-24-16(21)9-6-7(2-3-10(9)18)23-15-11(17)8-4-5-22-14(8)12(19)13(15)20;/h2-6,21-22H,1H3;1H. The maximum Gasteiger partial charge on any atom is 0.204 e. The van der Waals surface area contributed by atoms with Crippen molar-refractivity contribution in [1.29, 1.82) is 5.41 Å². The molecule has 0 amide bonds. The lowest BCUT2D eigenvalue weighted by atomic mass is 10.2. The number of rotatable bonds is 3. The second-order valence-corrected chi connectivity index (χ2v) is 6.42. The van der Waals surface area contributed by atoms with Gasteiger partial charge < -0.3 is 9.72 Å². The maximum absolute atomic E-state index is 14.3. The fourth-order valence-electron chi connectivity index (χ4n) is 2.22. The van der Waals surface area contributed by atoms with Crippen molar-refractivity contribution in [2.24, 2.45) is 0 Å². The van der Waals surface area contributed by atoms with E-state index in [4.69, 9.17) is 10.1 Å². The molecule has 2 N–H and O–H groups in total. The topological polar surface area (TPSA) is 48.9 Å². The monoisotopic (exact) mass is 542 g/mol. The first-order valence-corrected chi connectivity index (χ1v) is 8.69. The lowest BCUT2D eigenvalue weighted by Gasteiger charge is -2.12. The molecule has 0 bridgehead atoms. The zero-order valence-electron chi connectivity index (χ0n) is 12.6. The number of hydrogen-bond donors (Lipinski definition) is 2. The Labute approximate surface area is 171 Å². The molecule has 3 nitrogen and oxygen atoms in total. The number of H-pyrrole nitrogens is 1. The van der Waals surface area contributed by atoms with Crippen LogP contribution in [0.2, 0.25) is 0 Å². The van der Waals surface area contributed by atoms with E-state index in [2.05, 4.69) is 20.9 Å². The van der Waals surface area contributed by atoms with Gasteiger partial charge in [0.25, 0.3) is 0 Å². The van der Waals surface area contributed by atoms with Gasteiger partial charge in [-0.2, -0.15) is 4.39 Å². The number of hydrogen-bond acceptors (Lipinski definition) is 3. The Morgan fingerprint density at radius 2 is 1.92 bits per heavy atom. The second-order valence-electron chi connectivity index (χ2n) is 4.81. The Hall–Kier alpha value is -1.20. The quantitative estimate of drug-likeness (QED) is 0.173. The van der Waals surface area contributed by atoms with E-state index >= 15 is 0 Å². The molecule has 132 valence electrons. The summed E-state index contributed by atoms with van der Waals surface area (Å²) in [5.41, 5.74) is 0.0513. The molecule has 0 aliphatic carbocycles. The summed E-state index contributed by atoms with van der Waals surface area (Å²) in [6.45, 7) is 0. The average molecular weight is 543 g/mol. The Morgan fingerprint density at radius 3 is 2.60 bits per heavy atom. The molecule has 0 saturated heterocycles. The molecule has 1 heterocycles. The van der Waals surface area contributed by atoms with Gasteiger partial charge in [-0.3, -0.25) is 5.41 Å². The van der Waals surface area contributed by atoms with Crippen LogP contribution in [0.1, 0.15) is 5.56 Å². The molecule has 0 spiro atoms. The molecule has 0 aliphatic rings. The van der Waals surface area contributed by atoms with E-state index in [9.17, 15) is 13.2 Å². The van der Waals surface area contributed by atoms with Crippen LogP contribution in [-0.4, -0.2) is 16.3 Å². The SMILES string of the molecule is CSC(=N)c1cc(Oc2c(F)c(F)c3[nH]ccc3c2Br)ccc1F.I. The summed E-state index contributed by atoms with van der Waals surface area (Å²) in [7, 11) is 0. The van der Waals surface area contributed by atoms with Crippen LogP contribution in [0.15, 0.2) is 34.9 Å². The van der Waals surface area contributed by atoms with E-state index in [1.807, 2.05) is 0 Å². The van der Waals surface area contributed by atoms with Crippen molar-refractivity contribution in [2.45, 2.75) is 0 Å². The third-order valence-electron chi connectivity index (χ3n) is 3.40. The summed E-state index contributed by atoms with van der Waals surface area (Å²) in [5, 5.41) is 8.15. The highest BCUT2D eigenvalue weighted by atomic mass is 127. The number of halogens is 5. The van der Waals surface area contributed by atoms with E-state index in [-0.39, 0.29) is 56.1 Å². The molecule has 0 radical (unpaired) electrons. The van der Waals surface area contributed by atoms with Crippen LogP contribution in [0, 0.1) is 22.9 Å². The minimum Gasteiger partial charge on any atom is -0.453 e. The number of aromatic amines is 1. The summed E-state index contributed by atoms with van der Waals surface area (Å²) in [6.07, 6.45) is 3.12. The van der Waals surface area contributed by atoms with E-state index in [1.165, 1.54) is 18.3 Å². The van der Waals surface area contributed by atoms with Gasteiger partial charge in [-0.15, -0.1) is 35.7 Å². The van der Waals surface area contributed by atoms with Crippen molar-refractivity contribution < 1.29 is 17.9 Å². The van der Waals surface area contributed by atoms with Crippen molar-refractivity contribution >= 4 is 67.6 Å². The summed E-state index contributed by atoms with van der Waals surface area (Å²) in [5.74, 6) is -3.06. The van der Waals surface area contributed by atoms with Gasteiger partial charge in [0.1, 0.15) is 11.6 Å². The first-order valence-electron chi connectivity index (χ1n) is 6.68. The smallest absolute Gasteiger partial charge is 0.204 e. The second kappa shape index (κ2) is 8.00. The van der Waals surface area contributed by atoms with Crippen molar-refractivity contribution in [2.75, 3.05) is 6.26 Å². The van der Waals surface area contributed by atoms with Crippen LogP contribution in [0.4, 0.5) is 13.2 Å². The molecule has 25 heavy (non-hydrogen) atoms. The van der Waals surface area contributed by atoms with Gasteiger partial charge in [-0.05, 0) is 46.5 Å². The highest BCUT2D eigenvalue weighted by molar-refractivity contribution is 14.0. The highest BCUT2D eigenvalue weighted by Crippen LogP contribution is 2.40. The largest absolute Gasteiger partial charge is 0.453 e. The summed E-state index contributed by atoms with van der Waals surface area (Å²) < 4.78 is 47.8. The molecule has 3 rings (SSSR count). The van der Waals surface area contributed by atoms with Crippen LogP contribution in [0.25, 0.3) is 10.9 Å². The van der Waals surface area contributed by atoms with Crippen LogP contribution in [0.5, 0.6) is 11.5 Å². The molecule has 0 aliphatic heterocycles. The average Bonchev–Trinajstić information content (AvgIpc) is 3.07. The van der Waals surface area contributed by atoms with Gasteiger partial charge in [0.2, 0.25) is 5.82 Å². The van der Waals surface area contributed by atoms with Gasteiger partial charge in [-0.1, -0.05) is 0 Å². The molecule has 0 unspecified atom stereocenters. The van der Waals surface area contributed by atoms with Crippen LogP contribution >= 0.6 is 51.7 Å². The first kappa shape index (κ1) is 20.1. The fourth-order valence-corrected chi connectivity index (χ4v) is 3.18. The van der Waals surface area contributed by atoms with E-state index in [0.29, 0.717) is 5.39 Å². The summed E-state index contributed by atoms with van der Waals surface area (Å²) in [6, 6.07) is 5.26. The fraction of sp³-hybridized carbons (Fsp3) is 0.0625. The molecular formula is C16H11BrF3IN2OS. The molecule has 0 saturated carbocycles. The third kappa shape index (κ3) is 3.68. The highest BCUT2D eigenvalue weighted by Gasteiger charge is 2.21. The molecular weight excluding hydrogens is 532 g/mol. The van der Waals surface area contributed by atoms with Crippen LogP contribution < -0.4 is 4.74 Å². The van der Waals surface area contributed by atoms with Gasteiger partial charge in [0.15, 0.2) is 11.6 Å². The maximum atomic E-state index is 14.3. The normalized spacial score (nSPS) is 10.6. The van der Waals surface area contributed by atoms with Crippen molar-refractivity contribution in [3.63, 3.8) is 0 Å². The van der Waals surface area contributed by atoms with E-state index < -0.39 is 17.5 Å². The lowest BCUT2D eigenvalue weighted by molar-refractivity contribution is 0.416. The Kier molecular flexibility index (Phi) is 6.44. The number of nitrogens with one attached hydrogen (secondary N) is 2. The summed E-state index contributed by atoms with van der Waals surface area (Å²) in [4.78, 5) is 2.62. The van der Waals surface area contributed by atoms with Crippen molar-refractivity contribution in [3.05, 3.63) is 58.0 Å². The number of fused-ring (bicyclic) bond motifs is 1. The van der Waals surface area contributed by atoms with Gasteiger partial charge in [0, 0.05) is 17.1 Å². The zero-order chi connectivity index (χ0) is 17.4. The zero-order valence-corrected chi connectivity index (χ0v) is 17.4. The molecule has 9 heteroatoms. The minimum absolute atomic E-state index is 0. The van der Waals surface area contributed by atoms with Gasteiger partial charge >= 0.3 is 0 Å². The van der Waals surface area contributed by atoms with E-state index in [1.54, 1.807) is 12.3 Å². The molecule has 3 aromatic rings.